The maximum absolute atomic E-state index is 9.94. The topological polar surface area (TPSA) is 50.5 Å². The van der Waals surface area contributed by atoms with Crippen molar-refractivity contribution in [3.63, 3.8) is 0 Å². The van der Waals surface area contributed by atoms with Gasteiger partial charge in [0.2, 0.25) is 5.88 Å². The third-order valence-electron chi connectivity index (χ3n) is 4.96. The van der Waals surface area contributed by atoms with Crippen LogP contribution in [0, 0.1) is 13.8 Å². The Morgan fingerprint density at radius 2 is 1.66 bits per heavy atom. The van der Waals surface area contributed by atoms with E-state index in [-0.39, 0.29) is 6.04 Å². The highest BCUT2D eigenvalue weighted by molar-refractivity contribution is 5.43. The van der Waals surface area contributed by atoms with Crippen molar-refractivity contribution >= 4 is 0 Å². The molecule has 3 aromatic rings. The molecule has 0 amide bonds. The van der Waals surface area contributed by atoms with Gasteiger partial charge in [0.15, 0.2) is 0 Å². The van der Waals surface area contributed by atoms with E-state index in [4.69, 9.17) is 9.84 Å². The summed E-state index contributed by atoms with van der Waals surface area (Å²) in [6, 6.07) is 18.4. The predicted octanol–water partition coefficient (Wildman–Crippen LogP) is 4.87. The Balaban J connectivity index is 2.04. The molecular formula is C24H31N3O2. The van der Waals surface area contributed by atoms with Gasteiger partial charge in [0.25, 0.3) is 0 Å². The van der Waals surface area contributed by atoms with Crippen LogP contribution in [0.5, 0.6) is 11.6 Å². The molecule has 0 saturated heterocycles. The first-order valence-corrected chi connectivity index (χ1v) is 10.2. The summed E-state index contributed by atoms with van der Waals surface area (Å²) in [4.78, 5) is 2.24. The van der Waals surface area contributed by atoms with Gasteiger partial charge in [-0.1, -0.05) is 35.9 Å². The monoisotopic (exact) mass is 393 g/mol. The lowest BCUT2D eigenvalue weighted by Crippen LogP contribution is -2.36. The Kier molecular flexibility index (Phi) is 6.72. The third kappa shape index (κ3) is 5.25. The zero-order chi connectivity index (χ0) is 21.0. The van der Waals surface area contributed by atoms with Crippen molar-refractivity contribution in [2.45, 2.75) is 53.3 Å². The number of aromatic nitrogens is 2. The average Bonchev–Trinajstić information content (AvgIpc) is 2.99. The van der Waals surface area contributed by atoms with Gasteiger partial charge in [-0.3, -0.25) is 4.90 Å². The number of para-hydroxylation sites is 1. The second-order valence-corrected chi connectivity index (χ2v) is 7.90. The lowest BCUT2D eigenvalue weighted by molar-refractivity contribution is 0.102. The van der Waals surface area contributed by atoms with Crippen molar-refractivity contribution in [1.82, 2.24) is 14.7 Å². The van der Waals surface area contributed by atoms with Crippen molar-refractivity contribution in [2.75, 3.05) is 6.54 Å². The first-order chi connectivity index (χ1) is 13.8. The molecule has 0 aliphatic rings. The molecule has 1 aromatic heterocycles. The molecule has 0 spiro atoms. The van der Waals surface area contributed by atoms with Crippen molar-refractivity contribution in [1.29, 1.82) is 0 Å². The summed E-state index contributed by atoms with van der Waals surface area (Å²) in [6.07, 6.45) is -0.400. The van der Waals surface area contributed by atoms with Crippen LogP contribution in [0.2, 0.25) is 0 Å². The number of nitrogens with zero attached hydrogens (tertiary/aromatic N) is 3. The molecule has 29 heavy (non-hydrogen) atoms. The molecule has 1 atom stereocenters. The second kappa shape index (κ2) is 9.25. The number of hydrogen-bond donors (Lipinski definition) is 1. The molecule has 5 heteroatoms. The summed E-state index contributed by atoms with van der Waals surface area (Å²) in [5.41, 5.74) is 4.10. The van der Waals surface area contributed by atoms with Crippen LogP contribution >= 0.6 is 0 Å². The lowest BCUT2D eigenvalue weighted by atomic mass is 10.2. The first-order valence-electron chi connectivity index (χ1n) is 10.2. The Labute approximate surface area is 173 Å². The molecule has 0 fully saturated rings. The van der Waals surface area contributed by atoms with Crippen LogP contribution in [-0.2, 0) is 6.54 Å². The van der Waals surface area contributed by atoms with E-state index in [1.807, 2.05) is 73.1 Å². The standard InChI is InChI=1S/C24H31N3O2/c1-17(2)26(15-19(4)28)16-23-20(5)25-27(21-9-7-6-8-10-21)24(23)29-22-13-11-18(3)12-14-22/h6-14,17,19,28H,15-16H2,1-5H3. The van der Waals surface area contributed by atoms with Crippen LogP contribution < -0.4 is 4.74 Å². The normalized spacial score (nSPS) is 12.6. The Bertz CT molecular complexity index is 915. The SMILES string of the molecule is Cc1ccc(Oc2c(CN(CC(C)O)C(C)C)c(C)nn2-c2ccccc2)cc1. The second-order valence-electron chi connectivity index (χ2n) is 7.90. The van der Waals surface area contributed by atoms with E-state index in [1.54, 1.807) is 0 Å². The van der Waals surface area contributed by atoms with Crippen molar-refractivity contribution in [2.24, 2.45) is 0 Å². The number of ether oxygens (including phenoxy) is 1. The highest BCUT2D eigenvalue weighted by atomic mass is 16.5. The number of rotatable bonds is 8. The summed E-state index contributed by atoms with van der Waals surface area (Å²) >= 11 is 0. The molecule has 1 heterocycles. The fraction of sp³-hybridized carbons (Fsp3) is 0.375. The molecule has 3 rings (SSSR count). The van der Waals surface area contributed by atoms with E-state index in [0.29, 0.717) is 19.0 Å². The molecule has 1 unspecified atom stereocenters. The van der Waals surface area contributed by atoms with E-state index >= 15 is 0 Å². The van der Waals surface area contributed by atoms with Crippen LogP contribution in [0.1, 0.15) is 37.6 Å². The Morgan fingerprint density at radius 3 is 2.24 bits per heavy atom. The quantitative estimate of drug-likeness (QED) is 0.593. The average molecular weight is 394 g/mol. The van der Waals surface area contributed by atoms with Crippen LogP contribution in [0.25, 0.3) is 5.69 Å². The van der Waals surface area contributed by atoms with Crippen LogP contribution in [0.4, 0.5) is 0 Å². The third-order valence-corrected chi connectivity index (χ3v) is 4.96. The fourth-order valence-corrected chi connectivity index (χ4v) is 3.29. The Morgan fingerprint density at radius 1 is 1.00 bits per heavy atom. The highest BCUT2D eigenvalue weighted by Crippen LogP contribution is 2.32. The van der Waals surface area contributed by atoms with E-state index in [2.05, 4.69) is 25.7 Å². The van der Waals surface area contributed by atoms with Gasteiger partial charge in [0, 0.05) is 19.1 Å². The van der Waals surface area contributed by atoms with Crippen molar-refractivity contribution in [3.05, 3.63) is 71.4 Å². The molecule has 0 saturated carbocycles. The Hall–Kier alpha value is -2.63. The highest BCUT2D eigenvalue weighted by Gasteiger charge is 2.23. The molecule has 154 valence electrons. The number of aliphatic hydroxyl groups is 1. The smallest absolute Gasteiger partial charge is 0.227 e. The largest absolute Gasteiger partial charge is 0.439 e. The van der Waals surface area contributed by atoms with Gasteiger partial charge in [-0.2, -0.15) is 5.10 Å². The van der Waals surface area contributed by atoms with Gasteiger partial charge < -0.3 is 9.84 Å². The van der Waals surface area contributed by atoms with Gasteiger partial charge in [0.1, 0.15) is 5.75 Å². The minimum Gasteiger partial charge on any atom is -0.439 e. The maximum atomic E-state index is 9.94. The molecule has 0 aliphatic heterocycles. The minimum absolute atomic E-state index is 0.288. The summed E-state index contributed by atoms with van der Waals surface area (Å²) in [5, 5.41) is 14.7. The van der Waals surface area contributed by atoms with E-state index in [9.17, 15) is 5.11 Å². The van der Waals surface area contributed by atoms with Gasteiger partial charge in [-0.25, -0.2) is 4.68 Å². The number of aliphatic hydroxyl groups excluding tert-OH is 1. The minimum atomic E-state index is -0.400. The molecule has 0 radical (unpaired) electrons. The van der Waals surface area contributed by atoms with Gasteiger partial charge in [-0.05, 0) is 58.9 Å². The van der Waals surface area contributed by atoms with Crippen LogP contribution in [0.3, 0.4) is 0 Å². The van der Waals surface area contributed by atoms with Gasteiger partial charge >= 0.3 is 0 Å². The molecule has 0 bridgehead atoms. The van der Waals surface area contributed by atoms with Crippen molar-refractivity contribution < 1.29 is 9.84 Å². The predicted molar refractivity (Wildman–Crippen MR) is 117 cm³/mol. The lowest BCUT2D eigenvalue weighted by Gasteiger charge is -2.27. The van der Waals surface area contributed by atoms with E-state index in [0.717, 1.165) is 22.7 Å². The molecule has 1 N–H and O–H groups in total. The summed E-state index contributed by atoms with van der Waals surface area (Å²) in [7, 11) is 0. The summed E-state index contributed by atoms with van der Waals surface area (Å²) in [5.74, 6) is 1.49. The summed E-state index contributed by atoms with van der Waals surface area (Å²) < 4.78 is 8.23. The van der Waals surface area contributed by atoms with E-state index < -0.39 is 6.10 Å². The fourth-order valence-electron chi connectivity index (χ4n) is 3.29. The van der Waals surface area contributed by atoms with Crippen LogP contribution in [-0.4, -0.2) is 38.5 Å². The van der Waals surface area contributed by atoms with Crippen LogP contribution in [0.15, 0.2) is 54.6 Å². The van der Waals surface area contributed by atoms with E-state index in [1.165, 1.54) is 5.56 Å². The summed E-state index contributed by atoms with van der Waals surface area (Å²) in [6.45, 7) is 11.4. The number of hydrogen-bond acceptors (Lipinski definition) is 4. The molecular weight excluding hydrogens is 362 g/mol. The van der Waals surface area contributed by atoms with Crippen molar-refractivity contribution in [3.8, 4) is 17.3 Å². The van der Waals surface area contributed by atoms with Gasteiger partial charge in [0.05, 0.1) is 23.0 Å². The molecule has 2 aromatic carbocycles. The maximum Gasteiger partial charge on any atom is 0.227 e. The molecule has 0 aliphatic carbocycles. The zero-order valence-corrected chi connectivity index (χ0v) is 18.0. The molecule has 5 nitrogen and oxygen atoms in total. The van der Waals surface area contributed by atoms with Gasteiger partial charge in [-0.15, -0.1) is 0 Å². The number of aryl methyl sites for hydroxylation is 2. The zero-order valence-electron chi connectivity index (χ0n) is 18.0. The number of benzene rings is 2. The first kappa shape index (κ1) is 21.1.